The Morgan fingerprint density at radius 1 is 1.29 bits per heavy atom. The Kier molecular flexibility index (Phi) is 1.86. The average Bonchev–Trinajstić information content (AvgIpc) is 2.31. The van der Waals surface area contributed by atoms with Crippen molar-refractivity contribution in [1.82, 2.24) is 4.90 Å². The Labute approximate surface area is 87.5 Å². The van der Waals surface area contributed by atoms with Crippen LogP contribution in [0.2, 0.25) is 0 Å². The van der Waals surface area contributed by atoms with Gasteiger partial charge in [-0.05, 0) is 18.3 Å². The van der Waals surface area contributed by atoms with Gasteiger partial charge in [-0.1, -0.05) is 39.5 Å². The molecule has 14 heavy (non-hydrogen) atoms. The molecule has 2 fully saturated rings. The molecular formula is C13H21N. The summed E-state index contributed by atoms with van der Waals surface area (Å²) in [6, 6.07) is 0. The minimum absolute atomic E-state index is 0.233. The van der Waals surface area contributed by atoms with Gasteiger partial charge in [-0.25, -0.2) is 0 Å². The van der Waals surface area contributed by atoms with Gasteiger partial charge in [0, 0.05) is 18.7 Å². The van der Waals surface area contributed by atoms with Crippen LogP contribution >= 0.6 is 0 Å². The highest BCUT2D eigenvalue weighted by molar-refractivity contribution is 5.38. The molecule has 0 aromatic heterocycles. The van der Waals surface area contributed by atoms with Crippen LogP contribution in [0.5, 0.6) is 0 Å². The maximum atomic E-state index is 4.23. The van der Waals surface area contributed by atoms with E-state index < -0.39 is 0 Å². The molecule has 1 heteroatoms. The van der Waals surface area contributed by atoms with Gasteiger partial charge >= 0.3 is 0 Å². The van der Waals surface area contributed by atoms with Gasteiger partial charge in [0.1, 0.15) is 0 Å². The monoisotopic (exact) mass is 191 g/mol. The van der Waals surface area contributed by atoms with Crippen LogP contribution in [-0.4, -0.2) is 17.5 Å². The van der Waals surface area contributed by atoms with E-state index in [1.165, 1.54) is 17.7 Å². The SMILES string of the molecule is C=C1[C@H](C)[C@H](C)[C@]2(C(=C)CC2C)N1C. The van der Waals surface area contributed by atoms with Crippen molar-refractivity contribution in [1.29, 1.82) is 0 Å². The first-order valence-electron chi connectivity index (χ1n) is 5.54. The van der Waals surface area contributed by atoms with E-state index >= 15 is 0 Å². The fraction of sp³-hybridized carbons (Fsp3) is 0.692. The van der Waals surface area contributed by atoms with Gasteiger partial charge in [0.25, 0.3) is 0 Å². The summed E-state index contributed by atoms with van der Waals surface area (Å²) in [5.41, 5.74) is 2.92. The number of likely N-dealkylation sites (N-methyl/N-ethyl adjacent to an activating group) is 1. The zero-order chi connectivity index (χ0) is 10.7. The third-order valence-corrected chi connectivity index (χ3v) is 4.83. The molecule has 2 rings (SSSR count). The highest BCUT2D eigenvalue weighted by Gasteiger charge is 2.60. The van der Waals surface area contributed by atoms with E-state index in [1.807, 2.05) is 0 Å². The number of hydrogen-bond donors (Lipinski definition) is 0. The Balaban J connectivity index is 2.45. The Bertz CT molecular complexity index is 304. The average molecular weight is 191 g/mol. The van der Waals surface area contributed by atoms with Gasteiger partial charge in [0.15, 0.2) is 0 Å². The fourth-order valence-electron chi connectivity index (χ4n) is 3.76. The van der Waals surface area contributed by atoms with Gasteiger partial charge in [-0.2, -0.15) is 0 Å². The standard InChI is InChI=1S/C13H21N/c1-8-7-9(2)13(8)11(4)10(3)12(5)14(13)6/h9-11H,1,5,7H2,2-4,6H3/t9?,10-,11+,13-/m1/s1. The topological polar surface area (TPSA) is 3.24 Å². The molecule has 1 heterocycles. The third-order valence-electron chi connectivity index (χ3n) is 4.83. The van der Waals surface area contributed by atoms with Crippen molar-refractivity contribution in [3.63, 3.8) is 0 Å². The lowest BCUT2D eigenvalue weighted by Crippen LogP contribution is -2.58. The summed E-state index contributed by atoms with van der Waals surface area (Å²) in [4.78, 5) is 2.39. The first-order chi connectivity index (χ1) is 6.44. The van der Waals surface area contributed by atoms with Crippen molar-refractivity contribution < 1.29 is 0 Å². The molecule has 1 saturated carbocycles. The van der Waals surface area contributed by atoms with E-state index in [1.54, 1.807) is 0 Å². The van der Waals surface area contributed by atoms with E-state index in [-0.39, 0.29) is 5.54 Å². The predicted molar refractivity (Wildman–Crippen MR) is 60.9 cm³/mol. The minimum Gasteiger partial charge on any atom is -0.368 e. The largest absolute Gasteiger partial charge is 0.368 e. The molecule has 0 aromatic rings. The molecule has 0 bridgehead atoms. The molecule has 4 atom stereocenters. The zero-order valence-corrected chi connectivity index (χ0v) is 9.80. The molecule has 1 nitrogen and oxygen atoms in total. The summed E-state index contributed by atoms with van der Waals surface area (Å²) in [5, 5.41) is 0. The van der Waals surface area contributed by atoms with Crippen LogP contribution in [0.1, 0.15) is 27.2 Å². The van der Waals surface area contributed by atoms with E-state index in [9.17, 15) is 0 Å². The fourth-order valence-corrected chi connectivity index (χ4v) is 3.76. The summed E-state index contributed by atoms with van der Waals surface area (Å²) in [7, 11) is 2.18. The van der Waals surface area contributed by atoms with Crippen molar-refractivity contribution in [2.24, 2.45) is 17.8 Å². The van der Waals surface area contributed by atoms with Crippen molar-refractivity contribution in [3.8, 4) is 0 Å². The van der Waals surface area contributed by atoms with E-state index in [2.05, 4.69) is 45.9 Å². The molecule has 1 aliphatic carbocycles. The highest BCUT2D eigenvalue weighted by atomic mass is 15.2. The van der Waals surface area contributed by atoms with Crippen molar-refractivity contribution >= 4 is 0 Å². The summed E-state index contributed by atoms with van der Waals surface area (Å²) in [6.45, 7) is 15.4. The number of allylic oxidation sites excluding steroid dienone is 1. The molecule has 0 radical (unpaired) electrons. The van der Waals surface area contributed by atoms with Gasteiger partial charge < -0.3 is 4.90 Å². The third kappa shape index (κ3) is 0.773. The molecule has 1 aliphatic heterocycles. The second-order valence-corrected chi connectivity index (χ2v) is 5.16. The van der Waals surface area contributed by atoms with Crippen LogP contribution < -0.4 is 0 Å². The number of rotatable bonds is 0. The van der Waals surface area contributed by atoms with E-state index in [4.69, 9.17) is 0 Å². The lowest BCUT2D eigenvalue weighted by atomic mass is 9.57. The van der Waals surface area contributed by atoms with Crippen LogP contribution in [0.15, 0.2) is 24.4 Å². The van der Waals surface area contributed by atoms with Crippen molar-refractivity contribution in [3.05, 3.63) is 24.4 Å². The van der Waals surface area contributed by atoms with Crippen LogP contribution in [0, 0.1) is 17.8 Å². The molecule has 2 aliphatic rings. The lowest BCUT2D eigenvalue weighted by molar-refractivity contribution is 0.0585. The molecule has 0 aromatic carbocycles. The highest BCUT2D eigenvalue weighted by Crippen LogP contribution is 2.59. The second-order valence-electron chi connectivity index (χ2n) is 5.16. The Morgan fingerprint density at radius 3 is 2.07 bits per heavy atom. The second kappa shape index (κ2) is 2.65. The summed E-state index contributed by atoms with van der Waals surface area (Å²) < 4.78 is 0. The molecule has 0 N–H and O–H groups in total. The number of nitrogens with zero attached hydrogens (tertiary/aromatic N) is 1. The summed E-state index contributed by atoms with van der Waals surface area (Å²) >= 11 is 0. The Hall–Kier alpha value is -0.720. The number of likely N-dealkylation sites (tertiary alicyclic amines) is 1. The quantitative estimate of drug-likeness (QED) is 0.532. The summed E-state index contributed by atoms with van der Waals surface area (Å²) in [6.07, 6.45) is 1.19. The first-order valence-corrected chi connectivity index (χ1v) is 5.54. The van der Waals surface area contributed by atoms with Crippen LogP contribution in [0.25, 0.3) is 0 Å². The molecule has 1 spiro atoms. The minimum atomic E-state index is 0.233. The van der Waals surface area contributed by atoms with Gasteiger partial charge in [0.2, 0.25) is 0 Å². The smallest absolute Gasteiger partial charge is 0.0665 e. The van der Waals surface area contributed by atoms with Gasteiger partial charge in [0.05, 0.1) is 5.54 Å². The molecular weight excluding hydrogens is 170 g/mol. The van der Waals surface area contributed by atoms with E-state index in [0.717, 1.165) is 5.92 Å². The molecule has 1 unspecified atom stereocenters. The number of hydrogen-bond acceptors (Lipinski definition) is 1. The molecule has 1 saturated heterocycles. The molecule has 0 amide bonds. The van der Waals surface area contributed by atoms with Crippen LogP contribution in [0.3, 0.4) is 0 Å². The maximum Gasteiger partial charge on any atom is 0.0665 e. The lowest BCUT2D eigenvalue weighted by Gasteiger charge is -2.55. The van der Waals surface area contributed by atoms with E-state index in [0.29, 0.717) is 11.8 Å². The predicted octanol–water partition coefficient (Wildman–Crippen LogP) is 3.05. The van der Waals surface area contributed by atoms with Gasteiger partial charge in [-0.3, -0.25) is 0 Å². The van der Waals surface area contributed by atoms with Crippen molar-refractivity contribution in [2.45, 2.75) is 32.7 Å². The first kappa shape index (κ1) is 9.82. The van der Waals surface area contributed by atoms with Crippen LogP contribution in [-0.2, 0) is 0 Å². The summed E-state index contributed by atoms with van der Waals surface area (Å²) in [5.74, 6) is 1.99. The normalized spacial score (nSPS) is 47.4. The van der Waals surface area contributed by atoms with Crippen LogP contribution in [0.4, 0.5) is 0 Å². The molecule has 78 valence electrons. The van der Waals surface area contributed by atoms with Gasteiger partial charge in [-0.15, -0.1) is 0 Å². The Morgan fingerprint density at radius 2 is 1.86 bits per heavy atom. The van der Waals surface area contributed by atoms with Crippen molar-refractivity contribution in [2.75, 3.05) is 7.05 Å². The zero-order valence-electron chi connectivity index (χ0n) is 9.80. The maximum absolute atomic E-state index is 4.23.